The number of rotatable bonds is 5. The average molecular weight is 433 g/mol. The topological polar surface area (TPSA) is 82.5 Å². The Balaban J connectivity index is 1.88. The third-order valence-corrected chi connectivity index (χ3v) is 5.06. The van der Waals surface area contributed by atoms with E-state index < -0.39 is 17.3 Å². The van der Waals surface area contributed by atoms with E-state index in [0.717, 1.165) is 4.68 Å². The first-order valence-corrected chi connectivity index (χ1v) is 9.75. The normalized spacial score (nSPS) is 10.8. The van der Waals surface area contributed by atoms with Gasteiger partial charge < -0.3 is 14.8 Å². The Morgan fingerprint density at radius 1 is 1.00 bits per heavy atom. The Bertz CT molecular complexity index is 1400. The lowest BCUT2D eigenvalue weighted by molar-refractivity contribution is 0.102. The first-order chi connectivity index (χ1) is 15.4. The molecular formula is C24H20FN3O4. The summed E-state index contributed by atoms with van der Waals surface area (Å²) in [6.07, 6.45) is 0. The molecule has 0 aliphatic carbocycles. The Kier molecular flexibility index (Phi) is 5.59. The molecule has 0 bridgehead atoms. The van der Waals surface area contributed by atoms with Gasteiger partial charge in [0.15, 0.2) is 5.69 Å². The second kappa shape index (κ2) is 8.50. The molecule has 8 heteroatoms. The molecule has 0 spiro atoms. The van der Waals surface area contributed by atoms with Crippen molar-refractivity contribution in [2.45, 2.75) is 6.92 Å². The van der Waals surface area contributed by atoms with Gasteiger partial charge in [-0.1, -0.05) is 24.3 Å². The van der Waals surface area contributed by atoms with E-state index in [1.807, 2.05) is 0 Å². The highest BCUT2D eigenvalue weighted by atomic mass is 19.1. The number of hydrogen-bond donors (Lipinski definition) is 1. The molecule has 1 amide bonds. The van der Waals surface area contributed by atoms with Gasteiger partial charge in [0.05, 0.1) is 19.6 Å². The molecule has 0 atom stereocenters. The quantitative estimate of drug-likeness (QED) is 0.512. The molecule has 7 nitrogen and oxygen atoms in total. The number of aryl methyl sites for hydroxylation is 1. The Morgan fingerprint density at radius 3 is 2.44 bits per heavy atom. The number of halogens is 1. The van der Waals surface area contributed by atoms with Crippen LogP contribution in [0.1, 0.15) is 16.1 Å². The molecule has 1 heterocycles. The molecule has 4 rings (SSSR count). The average Bonchev–Trinajstić information content (AvgIpc) is 2.81. The fraction of sp³-hybridized carbons (Fsp3) is 0.125. The lowest BCUT2D eigenvalue weighted by Crippen LogP contribution is -2.27. The Morgan fingerprint density at radius 2 is 1.75 bits per heavy atom. The molecule has 1 aromatic heterocycles. The number of hydrogen-bond acceptors (Lipinski definition) is 5. The summed E-state index contributed by atoms with van der Waals surface area (Å²) in [4.78, 5) is 26.3. The van der Waals surface area contributed by atoms with Gasteiger partial charge in [0, 0.05) is 17.1 Å². The summed E-state index contributed by atoms with van der Waals surface area (Å²) in [7, 11) is 2.98. The van der Waals surface area contributed by atoms with E-state index in [1.165, 1.54) is 20.3 Å². The number of amides is 1. The highest BCUT2D eigenvalue weighted by molar-refractivity contribution is 6.11. The van der Waals surface area contributed by atoms with Gasteiger partial charge in [0.2, 0.25) is 0 Å². The lowest BCUT2D eigenvalue weighted by Gasteiger charge is -2.14. The van der Waals surface area contributed by atoms with Crippen LogP contribution in [0.25, 0.3) is 16.5 Å². The number of ether oxygens (including phenoxy) is 2. The van der Waals surface area contributed by atoms with Crippen LogP contribution >= 0.6 is 0 Å². The maximum atomic E-state index is 13.9. The van der Waals surface area contributed by atoms with Gasteiger partial charge in [0.25, 0.3) is 11.5 Å². The third kappa shape index (κ3) is 3.78. The molecule has 1 N–H and O–H groups in total. The minimum absolute atomic E-state index is 0.0130. The maximum absolute atomic E-state index is 13.9. The van der Waals surface area contributed by atoms with Crippen LogP contribution in [-0.2, 0) is 0 Å². The maximum Gasteiger partial charge on any atom is 0.279 e. The molecule has 0 aliphatic rings. The molecule has 0 aliphatic heterocycles. The van der Waals surface area contributed by atoms with Gasteiger partial charge in [-0.25, -0.2) is 4.39 Å². The van der Waals surface area contributed by atoms with Gasteiger partial charge in [-0.2, -0.15) is 9.78 Å². The third-order valence-electron chi connectivity index (χ3n) is 5.06. The predicted octanol–water partition coefficient (Wildman–Crippen LogP) is 4.10. The minimum Gasteiger partial charge on any atom is -0.497 e. The van der Waals surface area contributed by atoms with Crippen molar-refractivity contribution in [3.63, 3.8) is 0 Å². The molecule has 4 aromatic rings. The van der Waals surface area contributed by atoms with Crippen LogP contribution in [0.2, 0.25) is 0 Å². The second-order valence-corrected chi connectivity index (χ2v) is 7.07. The summed E-state index contributed by atoms with van der Waals surface area (Å²) >= 11 is 0. The zero-order valence-corrected chi connectivity index (χ0v) is 17.7. The van der Waals surface area contributed by atoms with Crippen molar-refractivity contribution in [1.29, 1.82) is 0 Å². The van der Waals surface area contributed by atoms with Gasteiger partial charge in [-0.05, 0) is 42.8 Å². The summed E-state index contributed by atoms with van der Waals surface area (Å²) in [6, 6.07) is 16.0. The van der Waals surface area contributed by atoms with E-state index in [-0.39, 0.29) is 11.4 Å². The molecule has 32 heavy (non-hydrogen) atoms. The van der Waals surface area contributed by atoms with Gasteiger partial charge in [-0.3, -0.25) is 9.59 Å². The molecule has 0 saturated carbocycles. The van der Waals surface area contributed by atoms with Crippen molar-refractivity contribution in [2.75, 3.05) is 19.5 Å². The van der Waals surface area contributed by atoms with E-state index in [0.29, 0.717) is 33.5 Å². The molecule has 3 aromatic carbocycles. The van der Waals surface area contributed by atoms with Crippen molar-refractivity contribution in [1.82, 2.24) is 9.78 Å². The summed E-state index contributed by atoms with van der Waals surface area (Å²) in [5.74, 6) is -0.126. The van der Waals surface area contributed by atoms with Crippen molar-refractivity contribution >= 4 is 22.4 Å². The van der Waals surface area contributed by atoms with Gasteiger partial charge in [-0.15, -0.1) is 0 Å². The van der Waals surface area contributed by atoms with Crippen molar-refractivity contribution in [3.8, 4) is 17.2 Å². The zero-order chi connectivity index (χ0) is 22.8. The van der Waals surface area contributed by atoms with Crippen LogP contribution in [-0.4, -0.2) is 29.9 Å². The first kappa shape index (κ1) is 21.0. The summed E-state index contributed by atoms with van der Waals surface area (Å²) in [5, 5.41) is 7.69. The Hall–Kier alpha value is -4.20. The van der Waals surface area contributed by atoms with Crippen molar-refractivity contribution in [3.05, 3.63) is 88.1 Å². The van der Waals surface area contributed by atoms with Gasteiger partial charge >= 0.3 is 0 Å². The first-order valence-electron chi connectivity index (χ1n) is 9.75. The molecule has 0 radical (unpaired) electrons. The zero-order valence-electron chi connectivity index (χ0n) is 17.7. The van der Waals surface area contributed by atoms with E-state index in [4.69, 9.17) is 9.47 Å². The van der Waals surface area contributed by atoms with Crippen LogP contribution in [0.4, 0.5) is 10.1 Å². The van der Waals surface area contributed by atoms with E-state index in [2.05, 4.69) is 10.4 Å². The Labute approximate surface area is 183 Å². The number of carbonyl (C=O) groups is 1. The number of nitrogens with zero attached hydrogens (tertiary/aromatic N) is 2. The van der Waals surface area contributed by atoms with Crippen LogP contribution in [0.5, 0.6) is 11.5 Å². The van der Waals surface area contributed by atoms with E-state index in [9.17, 15) is 14.0 Å². The molecule has 0 fully saturated rings. The number of anilines is 1. The number of methoxy groups -OCH3 is 2. The molecular weight excluding hydrogens is 413 g/mol. The monoisotopic (exact) mass is 433 g/mol. The highest BCUT2D eigenvalue weighted by Gasteiger charge is 2.20. The van der Waals surface area contributed by atoms with Gasteiger partial charge in [0.1, 0.15) is 23.0 Å². The number of benzene rings is 3. The van der Waals surface area contributed by atoms with Crippen LogP contribution in [0.3, 0.4) is 0 Å². The fourth-order valence-corrected chi connectivity index (χ4v) is 3.34. The van der Waals surface area contributed by atoms with Crippen molar-refractivity contribution in [2.24, 2.45) is 0 Å². The molecule has 0 saturated heterocycles. The van der Waals surface area contributed by atoms with E-state index >= 15 is 0 Å². The lowest BCUT2D eigenvalue weighted by atomic mass is 10.1. The highest BCUT2D eigenvalue weighted by Crippen LogP contribution is 2.27. The summed E-state index contributed by atoms with van der Waals surface area (Å²) in [6.45, 7) is 1.63. The van der Waals surface area contributed by atoms with Crippen LogP contribution < -0.4 is 20.3 Å². The number of aromatic nitrogens is 2. The smallest absolute Gasteiger partial charge is 0.279 e. The SMILES string of the molecule is COc1ccc(-n2nc(C(=O)Nc3ccc(C)c(F)c3)c3ccccc3c2=O)c(OC)c1. The number of fused-ring (bicyclic) bond motifs is 1. The second-order valence-electron chi connectivity index (χ2n) is 7.07. The number of nitrogens with one attached hydrogen (secondary N) is 1. The molecule has 0 unspecified atom stereocenters. The van der Waals surface area contributed by atoms with Crippen molar-refractivity contribution < 1.29 is 18.7 Å². The summed E-state index contributed by atoms with van der Waals surface area (Å²) < 4.78 is 25.7. The molecule has 162 valence electrons. The number of carbonyl (C=O) groups excluding carboxylic acids is 1. The minimum atomic E-state index is -0.578. The van der Waals surface area contributed by atoms with Crippen LogP contribution in [0, 0.1) is 12.7 Å². The standard InChI is InChI=1S/C24H20FN3O4/c1-14-8-9-15(12-19(14)25)26-23(29)22-17-6-4-5-7-18(17)24(30)28(27-22)20-11-10-16(31-2)13-21(20)32-3/h4-13H,1-3H3,(H,26,29). The van der Waals surface area contributed by atoms with Crippen LogP contribution in [0.15, 0.2) is 65.5 Å². The van der Waals surface area contributed by atoms with E-state index in [1.54, 1.807) is 61.5 Å². The largest absolute Gasteiger partial charge is 0.497 e. The predicted molar refractivity (Wildman–Crippen MR) is 120 cm³/mol. The fourth-order valence-electron chi connectivity index (χ4n) is 3.34. The summed E-state index contributed by atoms with van der Waals surface area (Å²) in [5.41, 5.74) is 0.691.